The van der Waals surface area contributed by atoms with Crippen molar-refractivity contribution in [3.8, 4) is 5.75 Å². The summed E-state index contributed by atoms with van der Waals surface area (Å²) < 4.78 is 35.7. The van der Waals surface area contributed by atoms with Crippen LogP contribution in [0.15, 0.2) is 34.9 Å². The lowest BCUT2D eigenvalue weighted by Crippen LogP contribution is -2.38. The number of ether oxygens (including phenoxy) is 1. The smallest absolute Gasteiger partial charge is 0.270 e. The van der Waals surface area contributed by atoms with Gasteiger partial charge in [-0.15, -0.1) is 0 Å². The normalized spacial score (nSPS) is 12.2. The molecule has 31 heavy (non-hydrogen) atoms. The van der Waals surface area contributed by atoms with Crippen molar-refractivity contribution in [3.05, 3.63) is 63.5 Å². The molecule has 0 spiro atoms. The number of hydrogen-bond acceptors (Lipinski definition) is 4. The molecule has 0 aliphatic carbocycles. The molecule has 2 N–H and O–H groups in total. The summed E-state index contributed by atoms with van der Waals surface area (Å²) >= 11 is 3.38. The van der Waals surface area contributed by atoms with Gasteiger partial charge in [0, 0.05) is 10.7 Å². The molecule has 0 bridgehead atoms. The molecule has 2 aromatic heterocycles. The molecule has 1 aromatic carbocycles. The molecule has 2 heterocycles. The average Bonchev–Trinajstić information content (AvgIpc) is 3.06. The van der Waals surface area contributed by atoms with Gasteiger partial charge in [-0.25, -0.2) is 13.8 Å². The van der Waals surface area contributed by atoms with Gasteiger partial charge in [0.05, 0.1) is 23.9 Å². The molecule has 1 amide bonds. The van der Waals surface area contributed by atoms with Crippen LogP contribution in [0.1, 0.15) is 47.9 Å². The number of nitrogens with zero attached hydrogens (tertiary/aromatic N) is 2. The zero-order chi connectivity index (χ0) is 22.5. The molecule has 0 aliphatic heterocycles. The Morgan fingerprint density at radius 3 is 2.71 bits per heavy atom. The van der Waals surface area contributed by atoms with Crippen molar-refractivity contribution in [2.75, 3.05) is 6.61 Å². The number of halogens is 3. The van der Waals surface area contributed by atoms with E-state index < -0.39 is 11.6 Å². The first-order valence-corrected chi connectivity index (χ1v) is 10.8. The number of unbranched alkanes of at least 4 members (excludes halogenated alkanes) is 1. The van der Waals surface area contributed by atoms with Gasteiger partial charge in [0.25, 0.3) is 5.91 Å². The van der Waals surface area contributed by atoms with Crippen LogP contribution in [0.25, 0.3) is 5.65 Å². The molecule has 1 atom stereocenters. The Labute approximate surface area is 187 Å². The highest BCUT2D eigenvalue weighted by molar-refractivity contribution is 9.10. The molecule has 0 fully saturated rings. The van der Waals surface area contributed by atoms with Crippen molar-refractivity contribution in [2.24, 2.45) is 0 Å². The maximum atomic E-state index is 13.9. The number of aliphatic hydroxyl groups is 1. The van der Waals surface area contributed by atoms with Gasteiger partial charge in [0.1, 0.15) is 23.9 Å². The van der Waals surface area contributed by atoms with Crippen molar-refractivity contribution in [3.63, 3.8) is 0 Å². The second-order valence-corrected chi connectivity index (χ2v) is 8.16. The number of carbonyl (C=O) groups excluding carboxylic acids is 1. The Balaban J connectivity index is 1.91. The molecule has 1 unspecified atom stereocenters. The first-order chi connectivity index (χ1) is 14.8. The lowest BCUT2D eigenvalue weighted by atomic mass is 10.1. The molecule has 166 valence electrons. The van der Waals surface area contributed by atoms with E-state index in [2.05, 4.69) is 26.2 Å². The van der Waals surface area contributed by atoms with E-state index in [1.807, 2.05) is 6.92 Å². The highest BCUT2D eigenvalue weighted by Crippen LogP contribution is 2.28. The number of carbonyl (C=O) groups is 1. The molecule has 0 saturated heterocycles. The summed E-state index contributed by atoms with van der Waals surface area (Å²) in [6, 6.07) is 4.88. The van der Waals surface area contributed by atoms with Crippen molar-refractivity contribution in [1.82, 2.24) is 14.7 Å². The Morgan fingerprint density at radius 1 is 1.35 bits per heavy atom. The van der Waals surface area contributed by atoms with E-state index in [4.69, 9.17) is 4.74 Å². The van der Waals surface area contributed by atoms with E-state index >= 15 is 0 Å². The number of pyridine rings is 1. The quantitative estimate of drug-likeness (QED) is 0.456. The third kappa shape index (κ3) is 5.22. The van der Waals surface area contributed by atoms with Gasteiger partial charge in [-0.2, -0.15) is 0 Å². The van der Waals surface area contributed by atoms with E-state index in [1.165, 1.54) is 6.07 Å². The number of imidazole rings is 1. The van der Waals surface area contributed by atoms with E-state index in [-0.39, 0.29) is 36.5 Å². The van der Waals surface area contributed by atoms with Crippen LogP contribution in [0.2, 0.25) is 0 Å². The average molecular weight is 496 g/mol. The van der Waals surface area contributed by atoms with Gasteiger partial charge >= 0.3 is 0 Å². The summed E-state index contributed by atoms with van der Waals surface area (Å²) in [7, 11) is 0. The Kier molecular flexibility index (Phi) is 7.61. The molecule has 3 rings (SSSR count). The predicted octanol–water partition coefficient (Wildman–Crippen LogP) is 4.54. The van der Waals surface area contributed by atoms with E-state index in [0.29, 0.717) is 27.9 Å². The summed E-state index contributed by atoms with van der Waals surface area (Å²) in [5.74, 6) is -1.51. The monoisotopic (exact) mass is 495 g/mol. The van der Waals surface area contributed by atoms with E-state index in [1.54, 1.807) is 23.6 Å². The maximum Gasteiger partial charge on any atom is 0.270 e. The first kappa shape index (κ1) is 23.1. The van der Waals surface area contributed by atoms with Crippen LogP contribution in [-0.2, 0) is 6.61 Å². The van der Waals surface area contributed by atoms with E-state index in [0.717, 1.165) is 25.0 Å². The second kappa shape index (κ2) is 10.2. The number of benzene rings is 1. The third-order valence-corrected chi connectivity index (χ3v) is 5.37. The summed E-state index contributed by atoms with van der Waals surface area (Å²) in [4.78, 5) is 17.4. The van der Waals surface area contributed by atoms with Crippen molar-refractivity contribution >= 4 is 27.5 Å². The van der Waals surface area contributed by atoms with Crippen LogP contribution in [0, 0.1) is 18.6 Å². The minimum absolute atomic E-state index is 0.159. The minimum atomic E-state index is -0.701. The molecule has 9 heteroatoms. The number of aromatic nitrogens is 2. The van der Waals surface area contributed by atoms with Gasteiger partial charge < -0.3 is 15.2 Å². The molecule has 0 aliphatic rings. The number of amides is 1. The van der Waals surface area contributed by atoms with Crippen LogP contribution in [0.5, 0.6) is 5.75 Å². The molecule has 6 nitrogen and oxygen atoms in total. The number of nitrogens with one attached hydrogen (secondary N) is 1. The third-order valence-electron chi connectivity index (χ3n) is 4.94. The standard InChI is InChI=1S/C22H24BrF2N3O3/c1-3-4-6-15(11-29)27-22(30)20-13(2)26-21-19(9-14(23)10-28(20)21)31-12-16-17(24)7-5-8-18(16)25/h5,7-10,15,29H,3-4,6,11-12H2,1-2H3,(H,27,30). The lowest BCUT2D eigenvalue weighted by molar-refractivity contribution is 0.0905. The zero-order valence-electron chi connectivity index (χ0n) is 17.3. The first-order valence-electron chi connectivity index (χ1n) is 10.0. The Morgan fingerprint density at radius 2 is 2.06 bits per heavy atom. The predicted molar refractivity (Wildman–Crippen MR) is 116 cm³/mol. The van der Waals surface area contributed by atoms with Crippen LogP contribution in [0.4, 0.5) is 8.78 Å². The lowest BCUT2D eigenvalue weighted by Gasteiger charge is -2.16. The molecular weight excluding hydrogens is 472 g/mol. The van der Waals surface area contributed by atoms with Gasteiger partial charge in [-0.3, -0.25) is 9.20 Å². The summed E-state index contributed by atoms with van der Waals surface area (Å²) in [5, 5.41) is 12.4. The highest BCUT2D eigenvalue weighted by atomic mass is 79.9. The molecule has 0 saturated carbocycles. The van der Waals surface area contributed by atoms with Crippen molar-refractivity contribution in [2.45, 2.75) is 45.8 Å². The number of hydrogen-bond donors (Lipinski definition) is 2. The zero-order valence-corrected chi connectivity index (χ0v) is 18.9. The molecule has 3 aromatic rings. The fourth-order valence-corrected chi connectivity index (χ4v) is 3.72. The minimum Gasteiger partial charge on any atom is -0.485 e. The molecular formula is C22H24BrF2N3O3. The summed E-state index contributed by atoms with van der Waals surface area (Å²) in [5.41, 5.74) is 0.915. The van der Waals surface area contributed by atoms with Gasteiger partial charge in [0.2, 0.25) is 0 Å². The van der Waals surface area contributed by atoms with Crippen LogP contribution < -0.4 is 10.1 Å². The van der Waals surface area contributed by atoms with Crippen molar-refractivity contribution in [1.29, 1.82) is 0 Å². The van der Waals surface area contributed by atoms with Gasteiger partial charge in [0.15, 0.2) is 11.4 Å². The Bertz CT molecular complexity index is 1070. The number of rotatable bonds is 9. The summed E-state index contributed by atoms with van der Waals surface area (Å²) in [6.45, 7) is 3.24. The van der Waals surface area contributed by atoms with Gasteiger partial charge in [-0.1, -0.05) is 25.8 Å². The second-order valence-electron chi connectivity index (χ2n) is 7.25. The van der Waals surface area contributed by atoms with Gasteiger partial charge in [-0.05, 0) is 47.5 Å². The largest absolute Gasteiger partial charge is 0.485 e. The Hall–Kier alpha value is -2.52. The topological polar surface area (TPSA) is 75.9 Å². The highest BCUT2D eigenvalue weighted by Gasteiger charge is 2.22. The van der Waals surface area contributed by atoms with Crippen LogP contribution >= 0.6 is 15.9 Å². The maximum absolute atomic E-state index is 13.9. The van der Waals surface area contributed by atoms with Crippen LogP contribution in [-0.4, -0.2) is 33.0 Å². The fraction of sp³-hybridized carbons (Fsp3) is 0.364. The molecule has 0 radical (unpaired) electrons. The fourth-order valence-electron chi connectivity index (χ4n) is 3.31. The van der Waals surface area contributed by atoms with Crippen LogP contribution in [0.3, 0.4) is 0 Å². The number of aryl methyl sites for hydroxylation is 1. The van der Waals surface area contributed by atoms with E-state index in [9.17, 15) is 18.7 Å². The van der Waals surface area contributed by atoms with Crippen molar-refractivity contribution < 1.29 is 23.4 Å². The number of aliphatic hydroxyl groups excluding tert-OH is 1. The summed E-state index contributed by atoms with van der Waals surface area (Å²) in [6.07, 6.45) is 4.17. The SMILES string of the molecule is CCCCC(CO)NC(=O)c1c(C)nc2c(OCc3c(F)cccc3F)cc(Br)cn12. The number of fused-ring (bicyclic) bond motifs is 1.